The molecule has 2 aliphatic heterocycles. The molecule has 0 radical (unpaired) electrons. The van der Waals surface area contributed by atoms with Gasteiger partial charge in [0.05, 0.1) is 11.7 Å². The smallest absolute Gasteiger partial charge is 0.246 e. The summed E-state index contributed by atoms with van der Waals surface area (Å²) in [5.74, 6) is 0.866. The SMILES string of the molecule is CC(C)C[C@H]1COc2cccc(N3CCN(C)CC3)c2S(=O)(=O)N1. The summed E-state index contributed by atoms with van der Waals surface area (Å²) in [6.07, 6.45) is 0.761. The minimum absolute atomic E-state index is 0.192. The Morgan fingerprint density at radius 1 is 1.25 bits per heavy atom. The standard InChI is InChI=1S/C17H27N3O3S/c1-13(2)11-14-12-23-16-6-4-5-15(17(16)24(21,22)18-14)20-9-7-19(3)8-10-20/h4-6,13-14,18H,7-12H2,1-3H3/t14-/m0/s1. The van der Waals surface area contributed by atoms with Gasteiger partial charge in [0.1, 0.15) is 17.3 Å². The van der Waals surface area contributed by atoms with Crippen molar-refractivity contribution in [2.45, 2.75) is 31.2 Å². The number of rotatable bonds is 3. The molecule has 1 aromatic carbocycles. The third-order valence-corrected chi connectivity index (χ3v) is 6.18. The number of nitrogens with zero attached hydrogens (tertiary/aromatic N) is 2. The first kappa shape index (κ1) is 17.5. The minimum atomic E-state index is -3.60. The Kier molecular flexibility index (Phi) is 5.03. The van der Waals surface area contributed by atoms with E-state index in [1.54, 1.807) is 6.07 Å². The summed E-state index contributed by atoms with van der Waals surface area (Å²) in [6, 6.07) is 5.33. The van der Waals surface area contributed by atoms with Crippen molar-refractivity contribution in [2.24, 2.45) is 5.92 Å². The Morgan fingerprint density at radius 2 is 1.96 bits per heavy atom. The third-order valence-electron chi connectivity index (χ3n) is 4.59. The largest absolute Gasteiger partial charge is 0.490 e. The van der Waals surface area contributed by atoms with Crippen LogP contribution in [-0.2, 0) is 10.0 Å². The van der Waals surface area contributed by atoms with E-state index in [0.717, 1.165) is 38.3 Å². The molecule has 1 fully saturated rings. The zero-order valence-electron chi connectivity index (χ0n) is 14.7. The maximum absolute atomic E-state index is 13.0. The molecule has 1 saturated heterocycles. The van der Waals surface area contributed by atoms with Crippen molar-refractivity contribution in [3.63, 3.8) is 0 Å². The molecular weight excluding hydrogens is 326 g/mol. The van der Waals surface area contributed by atoms with Crippen LogP contribution in [0.15, 0.2) is 23.1 Å². The zero-order valence-corrected chi connectivity index (χ0v) is 15.5. The van der Waals surface area contributed by atoms with Gasteiger partial charge in [-0.15, -0.1) is 0 Å². The van der Waals surface area contributed by atoms with Gasteiger partial charge in [0.2, 0.25) is 10.0 Å². The van der Waals surface area contributed by atoms with E-state index in [1.807, 2.05) is 12.1 Å². The van der Waals surface area contributed by atoms with E-state index in [1.165, 1.54) is 0 Å². The second kappa shape index (κ2) is 6.90. The number of hydrogen-bond acceptors (Lipinski definition) is 5. The number of hydrogen-bond donors (Lipinski definition) is 1. The Balaban J connectivity index is 1.95. The summed E-state index contributed by atoms with van der Waals surface area (Å²) in [4.78, 5) is 4.69. The normalized spacial score (nSPS) is 24.3. The van der Waals surface area contributed by atoms with Crippen LogP contribution in [0.25, 0.3) is 0 Å². The summed E-state index contributed by atoms with van der Waals surface area (Å²) in [5, 5.41) is 0. The van der Waals surface area contributed by atoms with Gasteiger partial charge in [-0.1, -0.05) is 19.9 Å². The molecule has 0 saturated carbocycles. The van der Waals surface area contributed by atoms with E-state index < -0.39 is 10.0 Å². The molecule has 0 unspecified atom stereocenters. The minimum Gasteiger partial charge on any atom is -0.490 e. The van der Waals surface area contributed by atoms with E-state index in [2.05, 4.69) is 35.4 Å². The Morgan fingerprint density at radius 3 is 2.62 bits per heavy atom. The lowest BCUT2D eigenvalue weighted by Crippen LogP contribution is -2.45. The number of nitrogens with one attached hydrogen (secondary N) is 1. The molecule has 0 spiro atoms. The predicted molar refractivity (Wildman–Crippen MR) is 95.2 cm³/mol. The lowest BCUT2D eigenvalue weighted by Gasteiger charge is -2.35. The maximum Gasteiger partial charge on any atom is 0.246 e. The number of likely N-dealkylation sites (N-methyl/N-ethyl adjacent to an activating group) is 1. The highest BCUT2D eigenvalue weighted by molar-refractivity contribution is 7.89. The number of fused-ring (bicyclic) bond motifs is 1. The first-order valence-corrected chi connectivity index (χ1v) is 10.1. The van der Waals surface area contributed by atoms with Crippen molar-refractivity contribution in [3.8, 4) is 5.75 Å². The monoisotopic (exact) mass is 353 g/mol. The highest BCUT2D eigenvalue weighted by Gasteiger charge is 2.33. The number of ether oxygens (including phenoxy) is 1. The topological polar surface area (TPSA) is 61.9 Å². The van der Waals surface area contributed by atoms with Crippen LogP contribution in [0.5, 0.6) is 5.75 Å². The fourth-order valence-electron chi connectivity index (χ4n) is 3.37. The molecule has 1 atom stereocenters. The second-order valence-electron chi connectivity index (χ2n) is 7.15. The predicted octanol–water partition coefficient (Wildman–Crippen LogP) is 1.52. The highest BCUT2D eigenvalue weighted by atomic mass is 32.2. The van der Waals surface area contributed by atoms with Gasteiger partial charge in [-0.25, -0.2) is 13.1 Å². The summed E-state index contributed by atoms with van der Waals surface area (Å²) in [7, 11) is -1.51. The molecule has 7 heteroatoms. The van der Waals surface area contributed by atoms with Crippen molar-refractivity contribution < 1.29 is 13.2 Å². The van der Waals surface area contributed by atoms with Crippen molar-refractivity contribution in [1.82, 2.24) is 9.62 Å². The van der Waals surface area contributed by atoms with Crippen molar-refractivity contribution in [3.05, 3.63) is 18.2 Å². The van der Waals surface area contributed by atoms with Crippen LogP contribution in [0.2, 0.25) is 0 Å². The number of anilines is 1. The second-order valence-corrected chi connectivity index (χ2v) is 8.80. The average Bonchev–Trinajstić information content (AvgIpc) is 2.64. The molecule has 0 aromatic heterocycles. The van der Waals surface area contributed by atoms with Crippen LogP contribution in [-0.4, -0.2) is 59.2 Å². The fourth-order valence-corrected chi connectivity index (χ4v) is 4.96. The molecule has 0 bridgehead atoms. The van der Waals surface area contributed by atoms with Gasteiger partial charge in [0.25, 0.3) is 0 Å². The molecule has 0 aliphatic carbocycles. The van der Waals surface area contributed by atoms with Gasteiger partial charge in [0.15, 0.2) is 0 Å². The van der Waals surface area contributed by atoms with Crippen molar-refractivity contribution in [1.29, 1.82) is 0 Å². The van der Waals surface area contributed by atoms with Crippen LogP contribution < -0.4 is 14.4 Å². The van der Waals surface area contributed by atoms with Gasteiger partial charge >= 0.3 is 0 Å². The zero-order chi connectivity index (χ0) is 17.3. The molecule has 1 N–H and O–H groups in total. The van der Waals surface area contributed by atoms with Gasteiger partial charge in [-0.2, -0.15) is 0 Å². The van der Waals surface area contributed by atoms with Gasteiger partial charge in [-0.3, -0.25) is 0 Å². The number of benzene rings is 1. The molecule has 0 amide bonds. The van der Waals surface area contributed by atoms with Gasteiger partial charge in [-0.05, 0) is 31.5 Å². The Bertz CT molecular complexity index is 682. The van der Waals surface area contributed by atoms with Crippen LogP contribution in [0, 0.1) is 5.92 Å². The van der Waals surface area contributed by atoms with E-state index in [4.69, 9.17) is 4.74 Å². The first-order chi connectivity index (χ1) is 11.4. The van der Waals surface area contributed by atoms with E-state index in [9.17, 15) is 8.42 Å². The fraction of sp³-hybridized carbons (Fsp3) is 0.647. The molecule has 2 heterocycles. The lowest BCUT2D eigenvalue weighted by molar-refractivity contribution is 0.262. The van der Waals surface area contributed by atoms with Crippen LogP contribution in [0.3, 0.4) is 0 Å². The van der Waals surface area contributed by atoms with E-state index in [0.29, 0.717) is 23.2 Å². The summed E-state index contributed by atoms with van der Waals surface area (Å²) in [5.41, 5.74) is 0.748. The van der Waals surface area contributed by atoms with Crippen LogP contribution >= 0.6 is 0 Å². The number of sulfonamides is 1. The molecule has 3 rings (SSSR count). The van der Waals surface area contributed by atoms with E-state index >= 15 is 0 Å². The summed E-state index contributed by atoms with van der Waals surface area (Å²) >= 11 is 0. The molecule has 6 nitrogen and oxygen atoms in total. The van der Waals surface area contributed by atoms with Crippen LogP contribution in [0.4, 0.5) is 5.69 Å². The third kappa shape index (κ3) is 3.68. The average molecular weight is 353 g/mol. The Labute approximate surface area is 144 Å². The van der Waals surface area contributed by atoms with Crippen molar-refractivity contribution in [2.75, 3.05) is 44.7 Å². The quantitative estimate of drug-likeness (QED) is 0.893. The maximum atomic E-state index is 13.0. The Hall–Kier alpha value is -1.31. The lowest BCUT2D eigenvalue weighted by atomic mass is 10.1. The van der Waals surface area contributed by atoms with Crippen molar-refractivity contribution >= 4 is 15.7 Å². The van der Waals surface area contributed by atoms with Gasteiger partial charge in [0, 0.05) is 26.2 Å². The molecule has 134 valence electrons. The molecular formula is C17H27N3O3S. The van der Waals surface area contributed by atoms with Crippen LogP contribution in [0.1, 0.15) is 20.3 Å². The number of piperazine rings is 1. The highest BCUT2D eigenvalue weighted by Crippen LogP contribution is 2.36. The molecule has 2 aliphatic rings. The van der Waals surface area contributed by atoms with Gasteiger partial charge < -0.3 is 14.5 Å². The molecule has 24 heavy (non-hydrogen) atoms. The molecule has 1 aromatic rings. The summed E-state index contributed by atoms with van der Waals surface area (Å²) < 4.78 is 34.7. The van der Waals surface area contributed by atoms with E-state index in [-0.39, 0.29) is 6.04 Å². The summed E-state index contributed by atoms with van der Waals surface area (Å²) in [6.45, 7) is 8.03. The first-order valence-electron chi connectivity index (χ1n) is 8.58.